The van der Waals surface area contributed by atoms with Gasteiger partial charge in [0.1, 0.15) is 0 Å². The van der Waals surface area contributed by atoms with Gasteiger partial charge in [-0.05, 0) is 28.3 Å². The van der Waals surface area contributed by atoms with E-state index in [4.69, 9.17) is 0 Å². The van der Waals surface area contributed by atoms with Crippen molar-refractivity contribution in [3.8, 4) is 0 Å². The van der Waals surface area contributed by atoms with Crippen molar-refractivity contribution in [2.24, 2.45) is 5.92 Å². The van der Waals surface area contributed by atoms with Crippen LogP contribution in [0.25, 0.3) is 0 Å². The van der Waals surface area contributed by atoms with Gasteiger partial charge < -0.3 is 4.90 Å². The number of halogens is 2. The zero-order chi connectivity index (χ0) is 10.8. The molecule has 0 saturated carbocycles. The largest absolute Gasteiger partial charge is 0.337 e. The molecule has 0 bridgehead atoms. The molecule has 1 fully saturated rings. The average molecular weight is 335 g/mol. The van der Waals surface area contributed by atoms with E-state index in [-0.39, 0.29) is 0 Å². The Kier molecular flexibility index (Phi) is 3.61. The van der Waals surface area contributed by atoms with Crippen molar-refractivity contribution in [3.05, 3.63) is 16.9 Å². The van der Waals surface area contributed by atoms with Crippen molar-refractivity contribution in [1.29, 1.82) is 0 Å². The Balaban J connectivity index is 2.20. The maximum absolute atomic E-state index is 4.34. The highest BCUT2D eigenvalue weighted by atomic mass is 79.9. The summed E-state index contributed by atoms with van der Waals surface area (Å²) < 4.78 is 0.925. The van der Waals surface area contributed by atoms with Crippen LogP contribution in [0.4, 0.5) is 5.95 Å². The Morgan fingerprint density at radius 1 is 1.47 bits per heavy atom. The van der Waals surface area contributed by atoms with Crippen LogP contribution in [0.2, 0.25) is 0 Å². The second-order valence-electron chi connectivity index (χ2n) is 3.88. The second-order valence-corrected chi connectivity index (χ2v) is 5.45. The van der Waals surface area contributed by atoms with E-state index in [9.17, 15) is 0 Å². The third-order valence-corrected chi connectivity index (χ3v) is 3.98. The lowest BCUT2D eigenvalue weighted by Crippen LogP contribution is -2.34. The first-order valence-electron chi connectivity index (χ1n) is 5.02. The number of nitrogens with zero attached hydrogens (tertiary/aromatic N) is 3. The first-order valence-corrected chi connectivity index (χ1v) is 6.94. The van der Waals surface area contributed by atoms with E-state index in [2.05, 4.69) is 53.7 Å². The van der Waals surface area contributed by atoms with Gasteiger partial charge in [0.05, 0.1) is 4.47 Å². The van der Waals surface area contributed by atoms with E-state index in [0.29, 0.717) is 12.0 Å². The molecule has 0 spiro atoms. The minimum atomic E-state index is 0.520. The van der Waals surface area contributed by atoms with Gasteiger partial charge in [-0.3, -0.25) is 0 Å². The standard InChI is InChI=1S/C10H13Br2N3/c1-7-2-3-15(9(7)4-11)10-13-5-8(12)6-14-10/h5-7,9H,2-4H2,1H3. The molecule has 0 aromatic carbocycles. The van der Waals surface area contributed by atoms with E-state index in [1.165, 1.54) is 6.42 Å². The van der Waals surface area contributed by atoms with Crippen molar-refractivity contribution in [3.63, 3.8) is 0 Å². The van der Waals surface area contributed by atoms with Crippen LogP contribution in [0.15, 0.2) is 16.9 Å². The van der Waals surface area contributed by atoms with Crippen molar-refractivity contribution >= 4 is 37.8 Å². The van der Waals surface area contributed by atoms with Crippen molar-refractivity contribution in [2.75, 3.05) is 16.8 Å². The quantitative estimate of drug-likeness (QED) is 0.779. The predicted octanol–water partition coefficient (Wildman–Crippen LogP) is 2.85. The number of hydrogen-bond donors (Lipinski definition) is 0. The van der Waals surface area contributed by atoms with Gasteiger partial charge in [0, 0.05) is 30.3 Å². The van der Waals surface area contributed by atoms with Gasteiger partial charge in [-0.15, -0.1) is 0 Å². The number of rotatable bonds is 2. The molecule has 2 heterocycles. The van der Waals surface area contributed by atoms with Crippen LogP contribution in [0.5, 0.6) is 0 Å². The molecular weight excluding hydrogens is 322 g/mol. The second kappa shape index (κ2) is 4.78. The number of hydrogen-bond acceptors (Lipinski definition) is 3. The van der Waals surface area contributed by atoms with Crippen molar-refractivity contribution in [2.45, 2.75) is 19.4 Å². The Labute approximate surface area is 107 Å². The first kappa shape index (κ1) is 11.3. The lowest BCUT2D eigenvalue weighted by molar-refractivity contribution is 0.551. The molecule has 3 nitrogen and oxygen atoms in total. The van der Waals surface area contributed by atoms with Crippen LogP contribution in [0, 0.1) is 5.92 Å². The molecule has 0 amide bonds. The molecule has 0 aliphatic carbocycles. The minimum Gasteiger partial charge on any atom is -0.337 e. The molecule has 2 rings (SSSR count). The monoisotopic (exact) mass is 333 g/mol. The van der Waals surface area contributed by atoms with E-state index in [1.54, 1.807) is 12.4 Å². The third kappa shape index (κ3) is 2.33. The van der Waals surface area contributed by atoms with Gasteiger partial charge in [-0.1, -0.05) is 22.9 Å². The molecular formula is C10H13Br2N3. The number of alkyl halides is 1. The van der Waals surface area contributed by atoms with Gasteiger partial charge in [0.25, 0.3) is 0 Å². The molecule has 0 radical (unpaired) electrons. The smallest absolute Gasteiger partial charge is 0.225 e. The molecule has 1 aliphatic rings. The summed E-state index contributed by atoms with van der Waals surface area (Å²) in [7, 11) is 0. The maximum Gasteiger partial charge on any atom is 0.225 e. The Morgan fingerprint density at radius 2 is 2.13 bits per heavy atom. The first-order chi connectivity index (χ1) is 7.22. The Bertz CT molecular complexity index is 328. The zero-order valence-corrected chi connectivity index (χ0v) is 11.7. The number of anilines is 1. The van der Waals surface area contributed by atoms with Crippen LogP contribution in [0.1, 0.15) is 13.3 Å². The molecule has 1 aromatic rings. The fourth-order valence-corrected chi connectivity index (χ4v) is 3.14. The lowest BCUT2D eigenvalue weighted by Gasteiger charge is -2.24. The topological polar surface area (TPSA) is 29.0 Å². The van der Waals surface area contributed by atoms with Crippen molar-refractivity contribution in [1.82, 2.24) is 9.97 Å². The summed E-state index contributed by atoms with van der Waals surface area (Å²) in [6.45, 7) is 3.34. The molecule has 2 unspecified atom stereocenters. The van der Waals surface area contributed by atoms with E-state index in [0.717, 1.165) is 22.3 Å². The summed E-state index contributed by atoms with van der Waals surface area (Å²) in [4.78, 5) is 11.0. The summed E-state index contributed by atoms with van der Waals surface area (Å²) >= 11 is 6.91. The van der Waals surface area contributed by atoms with Gasteiger partial charge in [-0.2, -0.15) is 0 Å². The normalized spacial score (nSPS) is 25.9. The van der Waals surface area contributed by atoms with Crippen molar-refractivity contribution < 1.29 is 0 Å². The molecule has 0 N–H and O–H groups in total. The highest BCUT2D eigenvalue weighted by Crippen LogP contribution is 2.28. The summed E-state index contributed by atoms with van der Waals surface area (Å²) in [6.07, 6.45) is 4.82. The molecule has 1 saturated heterocycles. The maximum atomic E-state index is 4.34. The SMILES string of the molecule is CC1CCN(c2ncc(Br)cn2)C1CBr. The fourth-order valence-electron chi connectivity index (χ4n) is 1.95. The van der Waals surface area contributed by atoms with Crippen LogP contribution >= 0.6 is 31.9 Å². The van der Waals surface area contributed by atoms with Gasteiger partial charge in [0.2, 0.25) is 5.95 Å². The van der Waals surface area contributed by atoms with Gasteiger partial charge in [0.15, 0.2) is 0 Å². The highest BCUT2D eigenvalue weighted by molar-refractivity contribution is 9.10. The summed E-state index contributed by atoms with van der Waals surface area (Å²) in [6, 6.07) is 0.520. The summed E-state index contributed by atoms with van der Waals surface area (Å²) in [5, 5.41) is 0.980. The molecule has 82 valence electrons. The number of aromatic nitrogens is 2. The summed E-state index contributed by atoms with van der Waals surface area (Å²) in [5.41, 5.74) is 0. The van der Waals surface area contributed by atoms with Crippen LogP contribution in [-0.4, -0.2) is 27.9 Å². The van der Waals surface area contributed by atoms with Crippen LogP contribution in [-0.2, 0) is 0 Å². The predicted molar refractivity (Wildman–Crippen MR) is 68.4 cm³/mol. The van der Waals surface area contributed by atoms with E-state index < -0.39 is 0 Å². The van der Waals surface area contributed by atoms with Crippen LogP contribution < -0.4 is 4.90 Å². The molecule has 1 aliphatic heterocycles. The molecule has 2 atom stereocenters. The molecule has 5 heteroatoms. The van der Waals surface area contributed by atoms with Gasteiger partial charge in [-0.25, -0.2) is 9.97 Å². The third-order valence-electron chi connectivity index (χ3n) is 2.90. The fraction of sp³-hybridized carbons (Fsp3) is 0.600. The van der Waals surface area contributed by atoms with Crippen LogP contribution in [0.3, 0.4) is 0 Å². The average Bonchev–Trinajstić information content (AvgIpc) is 2.61. The Hall–Kier alpha value is -0.160. The van der Waals surface area contributed by atoms with Gasteiger partial charge >= 0.3 is 0 Å². The molecule has 1 aromatic heterocycles. The Morgan fingerprint density at radius 3 is 2.73 bits per heavy atom. The molecule has 15 heavy (non-hydrogen) atoms. The van der Waals surface area contributed by atoms with E-state index >= 15 is 0 Å². The van der Waals surface area contributed by atoms with E-state index in [1.807, 2.05) is 0 Å². The highest BCUT2D eigenvalue weighted by Gasteiger charge is 2.31. The minimum absolute atomic E-state index is 0.520. The lowest BCUT2D eigenvalue weighted by atomic mass is 10.1. The zero-order valence-electron chi connectivity index (χ0n) is 8.53. The summed E-state index contributed by atoms with van der Waals surface area (Å²) in [5.74, 6) is 1.55.